The third-order valence-corrected chi connectivity index (χ3v) is 2.64. The van der Waals surface area contributed by atoms with Crippen molar-refractivity contribution < 1.29 is 0 Å². The monoisotopic (exact) mass is 238 g/mol. The van der Waals surface area contributed by atoms with Gasteiger partial charge in [-0.15, -0.1) is 9.91 Å². The van der Waals surface area contributed by atoms with Crippen LogP contribution in [0.1, 0.15) is 0 Å². The van der Waals surface area contributed by atoms with E-state index in [1.165, 1.54) is 12.3 Å². The van der Waals surface area contributed by atoms with Crippen molar-refractivity contribution in [3.63, 3.8) is 0 Å². The van der Waals surface area contributed by atoms with Crippen LogP contribution in [0.2, 0.25) is 0 Å². The second-order valence-corrected chi connectivity index (χ2v) is 3.80. The maximum absolute atomic E-state index is 11.3. The number of hydrogen-bond donors (Lipinski definition) is 1. The van der Waals surface area contributed by atoms with Crippen molar-refractivity contribution in [3.8, 4) is 0 Å². The van der Waals surface area contributed by atoms with Crippen LogP contribution in [0.25, 0.3) is 10.8 Å². The molecule has 0 radical (unpaired) electrons. The molecule has 0 aliphatic heterocycles. The van der Waals surface area contributed by atoms with Gasteiger partial charge in [-0.3, -0.25) is 9.89 Å². The van der Waals surface area contributed by atoms with E-state index in [1.54, 1.807) is 0 Å². The number of H-pyrrole nitrogens is 1. The van der Waals surface area contributed by atoms with Crippen LogP contribution in [0.3, 0.4) is 0 Å². The van der Waals surface area contributed by atoms with E-state index in [2.05, 4.69) is 15.4 Å². The molecule has 1 N–H and O–H groups in total. The summed E-state index contributed by atoms with van der Waals surface area (Å²) in [6, 6.07) is 15.1. The molecule has 0 aliphatic carbocycles. The molecule has 2 aromatic carbocycles. The van der Waals surface area contributed by atoms with E-state index in [1.807, 2.05) is 42.5 Å². The molecule has 5 nitrogen and oxygen atoms in total. The fourth-order valence-corrected chi connectivity index (χ4v) is 1.77. The first-order valence-electron chi connectivity index (χ1n) is 5.51. The van der Waals surface area contributed by atoms with Gasteiger partial charge in [-0.05, 0) is 16.7 Å². The Morgan fingerprint density at radius 3 is 2.67 bits per heavy atom. The summed E-state index contributed by atoms with van der Waals surface area (Å²) in [7, 11) is 0. The second-order valence-electron chi connectivity index (χ2n) is 3.80. The largest absolute Gasteiger partial charge is 0.289 e. The lowest BCUT2D eigenvalue weighted by molar-refractivity contribution is 0.670. The molecular weight excluding hydrogens is 228 g/mol. The predicted octanol–water partition coefficient (Wildman–Crippen LogP) is 2.88. The maximum atomic E-state index is 11.3. The Hall–Kier alpha value is -2.69. The lowest BCUT2D eigenvalue weighted by Crippen LogP contribution is -2.09. The van der Waals surface area contributed by atoms with Crippen LogP contribution in [0.4, 0.5) is 5.69 Å². The molecule has 0 saturated carbocycles. The first-order chi connectivity index (χ1) is 8.84. The van der Waals surface area contributed by atoms with E-state index in [-0.39, 0.29) is 5.56 Å². The van der Waals surface area contributed by atoms with Crippen molar-refractivity contribution in [2.24, 2.45) is 10.3 Å². The Morgan fingerprint density at radius 2 is 1.83 bits per heavy atom. The Balaban J connectivity index is 2.08. The molecule has 0 amide bonds. The standard InChI is InChI=1S/C13H10N4O/c18-13-8-9-14-17(13)16-15-12-7-3-5-10-4-1-2-6-11(10)12/h1-9,14H/b16-15+. The Labute approximate surface area is 102 Å². The Bertz CT molecular complexity index is 764. The van der Waals surface area contributed by atoms with Crippen LogP contribution >= 0.6 is 0 Å². The van der Waals surface area contributed by atoms with Crippen molar-refractivity contribution >= 4 is 16.5 Å². The van der Waals surface area contributed by atoms with Gasteiger partial charge in [0, 0.05) is 17.6 Å². The van der Waals surface area contributed by atoms with Crippen LogP contribution in [-0.2, 0) is 0 Å². The second kappa shape index (κ2) is 4.29. The Kier molecular flexibility index (Phi) is 2.49. The highest BCUT2D eigenvalue weighted by atomic mass is 16.1. The molecule has 3 rings (SSSR count). The van der Waals surface area contributed by atoms with Crippen molar-refractivity contribution in [1.82, 2.24) is 9.89 Å². The molecule has 1 heterocycles. The molecule has 0 unspecified atom stereocenters. The summed E-state index contributed by atoms with van der Waals surface area (Å²) in [6.07, 6.45) is 1.52. The third kappa shape index (κ3) is 1.82. The van der Waals surface area contributed by atoms with Gasteiger partial charge in [0.2, 0.25) is 0 Å². The van der Waals surface area contributed by atoms with Crippen LogP contribution in [0.15, 0.2) is 69.9 Å². The molecule has 18 heavy (non-hydrogen) atoms. The molecule has 3 aromatic rings. The van der Waals surface area contributed by atoms with Crippen molar-refractivity contribution in [2.75, 3.05) is 0 Å². The number of aromatic nitrogens is 2. The molecule has 0 fully saturated rings. The fraction of sp³-hybridized carbons (Fsp3) is 0. The summed E-state index contributed by atoms with van der Waals surface area (Å²) in [6.45, 7) is 0. The first kappa shape index (κ1) is 10.5. The molecular formula is C13H10N4O. The zero-order valence-corrected chi connectivity index (χ0v) is 9.45. The summed E-state index contributed by atoms with van der Waals surface area (Å²) in [5.74, 6) is 0. The number of benzene rings is 2. The van der Waals surface area contributed by atoms with Gasteiger partial charge in [-0.2, -0.15) is 0 Å². The quantitative estimate of drug-likeness (QED) is 0.685. The minimum absolute atomic E-state index is 0.237. The summed E-state index contributed by atoms with van der Waals surface area (Å²) >= 11 is 0. The number of hydrogen-bond acceptors (Lipinski definition) is 3. The van der Waals surface area contributed by atoms with Gasteiger partial charge in [-0.1, -0.05) is 36.4 Å². The van der Waals surface area contributed by atoms with Gasteiger partial charge < -0.3 is 0 Å². The normalized spacial score (nSPS) is 11.3. The smallest absolute Gasteiger partial charge is 0.281 e. The SMILES string of the molecule is O=c1cc[nH]n1/N=N/c1cccc2ccccc12. The fourth-order valence-electron chi connectivity index (χ4n) is 1.77. The minimum atomic E-state index is -0.237. The molecule has 1 aromatic heterocycles. The van der Waals surface area contributed by atoms with E-state index in [4.69, 9.17) is 0 Å². The number of rotatable bonds is 2. The average Bonchev–Trinajstić information content (AvgIpc) is 2.82. The predicted molar refractivity (Wildman–Crippen MR) is 68.9 cm³/mol. The number of aromatic amines is 1. The van der Waals surface area contributed by atoms with Gasteiger partial charge in [0.1, 0.15) is 0 Å². The highest BCUT2D eigenvalue weighted by Gasteiger charge is 1.98. The van der Waals surface area contributed by atoms with E-state index in [0.717, 1.165) is 21.3 Å². The van der Waals surface area contributed by atoms with Gasteiger partial charge in [0.25, 0.3) is 5.56 Å². The molecule has 0 saturated heterocycles. The highest BCUT2D eigenvalue weighted by molar-refractivity contribution is 5.92. The molecule has 0 spiro atoms. The summed E-state index contributed by atoms with van der Waals surface area (Å²) in [5, 5.41) is 12.7. The van der Waals surface area contributed by atoms with Crippen molar-refractivity contribution in [1.29, 1.82) is 0 Å². The summed E-state index contributed by atoms with van der Waals surface area (Å²) in [4.78, 5) is 12.4. The van der Waals surface area contributed by atoms with Crippen LogP contribution in [-0.4, -0.2) is 9.89 Å². The lowest BCUT2D eigenvalue weighted by Gasteiger charge is -1.99. The maximum Gasteiger partial charge on any atom is 0.289 e. The van der Waals surface area contributed by atoms with Crippen LogP contribution in [0.5, 0.6) is 0 Å². The van der Waals surface area contributed by atoms with Crippen molar-refractivity contribution in [3.05, 3.63) is 65.1 Å². The summed E-state index contributed by atoms with van der Waals surface area (Å²) < 4.78 is 0. The molecule has 0 atom stereocenters. The number of nitrogens with zero attached hydrogens (tertiary/aromatic N) is 3. The molecule has 0 bridgehead atoms. The lowest BCUT2D eigenvalue weighted by atomic mass is 10.1. The van der Waals surface area contributed by atoms with E-state index >= 15 is 0 Å². The minimum Gasteiger partial charge on any atom is -0.281 e. The zero-order valence-electron chi connectivity index (χ0n) is 9.45. The van der Waals surface area contributed by atoms with E-state index in [0.29, 0.717) is 0 Å². The van der Waals surface area contributed by atoms with E-state index in [9.17, 15) is 4.79 Å². The van der Waals surface area contributed by atoms with Gasteiger partial charge in [0.15, 0.2) is 0 Å². The molecule has 88 valence electrons. The average molecular weight is 238 g/mol. The Morgan fingerprint density at radius 1 is 1.00 bits per heavy atom. The third-order valence-electron chi connectivity index (χ3n) is 2.64. The van der Waals surface area contributed by atoms with Crippen LogP contribution in [0, 0.1) is 0 Å². The number of fused-ring (bicyclic) bond motifs is 1. The van der Waals surface area contributed by atoms with E-state index < -0.39 is 0 Å². The summed E-state index contributed by atoms with van der Waals surface area (Å²) in [5.41, 5.74) is 0.494. The zero-order chi connectivity index (χ0) is 12.4. The van der Waals surface area contributed by atoms with Gasteiger partial charge >= 0.3 is 0 Å². The number of nitrogens with one attached hydrogen (secondary N) is 1. The molecule has 0 aliphatic rings. The van der Waals surface area contributed by atoms with Crippen LogP contribution < -0.4 is 5.56 Å². The molecule has 5 heteroatoms. The first-order valence-corrected chi connectivity index (χ1v) is 5.51. The van der Waals surface area contributed by atoms with Gasteiger partial charge in [-0.25, -0.2) is 0 Å². The highest BCUT2D eigenvalue weighted by Crippen LogP contribution is 2.25. The van der Waals surface area contributed by atoms with Crippen molar-refractivity contribution in [2.45, 2.75) is 0 Å². The van der Waals surface area contributed by atoms with Gasteiger partial charge in [0.05, 0.1) is 5.69 Å². The topological polar surface area (TPSA) is 62.5 Å².